The van der Waals surface area contributed by atoms with Gasteiger partial charge in [-0.1, -0.05) is 60.0 Å². The Kier molecular flexibility index (Phi) is 4.02. The van der Waals surface area contributed by atoms with Gasteiger partial charge in [0.2, 0.25) is 0 Å². The van der Waals surface area contributed by atoms with Crippen LogP contribution in [0.3, 0.4) is 0 Å². The fourth-order valence-electron chi connectivity index (χ4n) is 2.65. The summed E-state index contributed by atoms with van der Waals surface area (Å²) in [5.41, 5.74) is 9.89. The van der Waals surface area contributed by atoms with Crippen molar-refractivity contribution in [1.82, 2.24) is 0 Å². The lowest BCUT2D eigenvalue weighted by atomic mass is 9.79. The van der Waals surface area contributed by atoms with E-state index in [4.69, 9.17) is 28.9 Å². The molecule has 1 atom stereocenters. The van der Waals surface area contributed by atoms with Crippen LogP contribution in [0.5, 0.6) is 0 Å². The maximum Gasteiger partial charge on any atom is 0.0595 e. The molecule has 2 aromatic rings. The minimum absolute atomic E-state index is 0.162. The van der Waals surface area contributed by atoms with E-state index in [-0.39, 0.29) is 6.04 Å². The minimum Gasteiger partial charge on any atom is -0.320 e. The van der Waals surface area contributed by atoms with Crippen molar-refractivity contribution in [2.45, 2.75) is 31.2 Å². The second-order valence-electron chi connectivity index (χ2n) is 5.45. The van der Waals surface area contributed by atoms with Gasteiger partial charge in [0.05, 0.1) is 16.1 Å². The molecule has 0 heterocycles. The summed E-state index contributed by atoms with van der Waals surface area (Å²) in [6.45, 7) is 0. The molecule has 0 aliphatic heterocycles. The normalized spacial score (nSPS) is 16.8. The van der Waals surface area contributed by atoms with E-state index in [2.05, 4.69) is 24.3 Å². The van der Waals surface area contributed by atoms with Gasteiger partial charge in [-0.3, -0.25) is 0 Å². The first-order chi connectivity index (χ1) is 9.65. The summed E-state index contributed by atoms with van der Waals surface area (Å²) in [7, 11) is 0. The molecule has 0 bridgehead atoms. The van der Waals surface area contributed by atoms with Crippen molar-refractivity contribution in [2.24, 2.45) is 5.73 Å². The van der Waals surface area contributed by atoms with Crippen LogP contribution in [0.2, 0.25) is 10.0 Å². The van der Waals surface area contributed by atoms with Crippen LogP contribution >= 0.6 is 23.2 Å². The average Bonchev–Trinajstić information content (AvgIpc) is 2.39. The summed E-state index contributed by atoms with van der Waals surface area (Å²) in [6, 6.07) is 14.0. The number of halogens is 2. The lowest BCUT2D eigenvalue weighted by Crippen LogP contribution is -2.14. The van der Waals surface area contributed by atoms with Crippen LogP contribution in [0.4, 0.5) is 0 Å². The van der Waals surface area contributed by atoms with Gasteiger partial charge >= 0.3 is 0 Å². The van der Waals surface area contributed by atoms with Gasteiger partial charge in [0.15, 0.2) is 0 Å². The zero-order valence-corrected chi connectivity index (χ0v) is 12.7. The van der Waals surface area contributed by atoms with E-state index >= 15 is 0 Å². The molecule has 1 nitrogen and oxygen atoms in total. The Morgan fingerprint density at radius 3 is 2.35 bits per heavy atom. The van der Waals surface area contributed by atoms with Crippen molar-refractivity contribution in [3.05, 3.63) is 69.2 Å². The number of hydrogen-bond acceptors (Lipinski definition) is 1. The van der Waals surface area contributed by atoms with E-state index in [1.54, 1.807) is 6.07 Å². The van der Waals surface area contributed by atoms with Crippen LogP contribution in [0.25, 0.3) is 0 Å². The molecule has 20 heavy (non-hydrogen) atoms. The molecule has 0 amide bonds. The Hall–Kier alpha value is -1.02. The predicted molar refractivity (Wildman–Crippen MR) is 85.5 cm³/mol. The zero-order valence-electron chi connectivity index (χ0n) is 11.2. The summed E-state index contributed by atoms with van der Waals surface area (Å²) in [5, 5.41) is 1.11. The van der Waals surface area contributed by atoms with E-state index in [1.807, 2.05) is 12.1 Å². The number of benzene rings is 2. The Bertz CT molecular complexity index is 620. The van der Waals surface area contributed by atoms with E-state index in [9.17, 15) is 0 Å². The van der Waals surface area contributed by atoms with Gasteiger partial charge in [-0.05, 0) is 47.6 Å². The maximum atomic E-state index is 6.36. The molecular formula is C17H17Cl2N. The minimum atomic E-state index is -0.162. The van der Waals surface area contributed by atoms with Gasteiger partial charge in [0.1, 0.15) is 0 Å². The first kappa shape index (κ1) is 13.9. The van der Waals surface area contributed by atoms with Crippen molar-refractivity contribution >= 4 is 23.2 Å². The van der Waals surface area contributed by atoms with Crippen LogP contribution in [-0.4, -0.2) is 0 Å². The summed E-state index contributed by atoms with van der Waals surface area (Å²) in [5.74, 6) is 0.718. The first-order valence-corrected chi connectivity index (χ1v) is 7.71. The van der Waals surface area contributed by atoms with Crippen LogP contribution < -0.4 is 5.73 Å². The quantitative estimate of drug-likeness (QED) is 0.817. The summed E-state index contributed by atoms with van der Waals surface area (Å²) in [6.07, 6.45) is 3.94. The van der Waals surface area contributed by atoms with Gasteiger partial charge in [-0.15, -0.1) is 0 Å². The summed E-state index contributed by atoms with van der Waals surface area (Å²) in [4.78, 5) is 0. The molecule has 0 aromatic heterocycles. The number of rotatable bonds is 3. The van der Waals surface area contributed by atoms with E-state index in [0.717, 1.165) is 17.0 Å². The number of nitrogens with two attached hydrogens (primary N) is 1. The third-order valence-electron chi connectivity index (χ3n) is 4.15. The second kappa shape index (κ2) is 5.77. The molecule has 2 aromatic carbocycles. The Morgan fingerprint density at radius 1 is 0.950 bits per heavy atom. The largest absolute Gasteiger partial charge is 0.320 e. The van der Waals surface area contributed by atoms with E-state index in [0.29, 0.717) is 10.0 Å². The van der Waals surface area contributed by atoms with Crippen molar-refractivity contribution in [3.63, 3.8) is 0 Å². The maximum absolute atomic E-state index is 6.36. The predicted octanol–water partition coefficient (Wildman–Crippen LogP) is 5.31. The van der Waals surface area contributed by atoms with Gasteiger partial charge in [0, 0.05) is 0 Å². The fraction of sp³-hybridized carbons (Fsp3) is 0.294. The topological polar surface area (TPSA) is 26.0 Å². The highest BCUT2D eigenvalue weighted by Gasteiger charge is 2.20. The monoisotopic (exact) mass is 305 g/mol. The van der Waals surface area contributed by atoms with Crippen LogP contribution in [-0.2, 0) is 0 Å². The molecule has 1 fully saturated rings. The lowest BCUT2D eigenvalue weighted by molar-refractivity contribution is 0.419. The fourth-order valence-corrected chi connectivity index (χ4v) is 2.95. The lowest BCUT2D eigenvalue weighted by Gasteiger charge is -2.26. The third-order valence-corrected chi connectivity index (χ3v) is 4.89. The molecule has 1 aliphatic rings. The first-order valence-electron chi connectivity index (χ1n) is 6.95. The highest BCUT2D eigenvalue weighted by atomic mass is 35.5. The molecule has 0 saturated heterocycles. The molecule has 0 radical (unpaired) electrons. The Morgan fingerprint density at radius 2 is 1.70 bits per heavy atom. The molecule has 3 rings (SSSR count). The van der Waals surface area contributed by atoms with Crippen LogP contribution in [0.15, 0.2) is 42.5 Å². The molecule has 1 saturated carbocycles. The number of hydrogen-bond donors (Lipinski definition) is 1. The van der Waals surface area contributed by atoms with Crippen molar-refractivity contribution in [2.75, 3.05) is 0 Å². The molecule has 104 valence electrons. The smallest absolute Gasteiger partial charge is 0.0595 e. The van der Waals surface area contributed by atoms with E-state index in [1.165, 1.54) is 24.8 Å². The average molecular weight is 306 g/mol. The van der Waals surface area contributed by atoms with Crippen LogP contribution in [0, 0.1) is 0 Å². The molecule has 3 heteroatoms. The summed E-state index contributed by atoms with van der Waals surface area (Å²) < 4.78 is 0. The molecular weight excluding hydrogens is 289 g/mol. The zero-order chi connectivity index (χ0) is 14.1. The van der Waals surface area contributed by atoms with Gasteiger partial charge < -0.3 is 5.73 Å². The van der Waals surface area contributed by atoms with Crippen LogP contribution in [0.1, 0.15) is 47.9 Å². The molecule has 1 aliphatic carbocycles. The van der Waals surface area contributed by atoms with Gasteiger partial charge in [-0.2, -0.15) is 0 Å². The molecule has 2 N–H and O–H groups in total. The van der Waals surface area contributed by atoms with Crippen molar-refractivity contribution < 1.29 is 0 Å². The third kappa shape index (κ3) is 2.71. The Labute approximate surface area is 129 Å². The molecule has 0 spiro atoms. The Balaban J connectivity index is 1.89. The summed E-state index contributed by atoms with van der Waals surface area (Å²) >= 11 is 12.0. The second-order valence-corrected chi connectivity index (χ2v) is 6.26. The van der Waals surface area contributed by atoms with Gasteiger partial charge in [-0.25, -0.2) is 0 Å². The van der Waals surface area contributed by atoms with Crippen molar-refractivity contribution in [3.8, 4) is 0 Å². The SMILES string of the molecule is NC(c1cccc(C2CCC2)c1)c1ccc(Cl)c(Cl)c1. The van der Waals surface area contributed by atoms with Crippen molar-refractivity contribution in [1.29, 1.82) is 0 Å². The van der Waals surface area contributed by atoms with E-state index < -0.39 is 0 Å². The highest BCUT2D eigenvalue weighted by Crippen LogP contribution is 2.37. The highest BCUT2D eigenvalue weighted by molar-refractivity contribution is 6.42. The standard InChI is InChI=1S/C17H17Cl2N/c18-15-8-7-14(10-16(15)19)17(20)13-6-2-5-12(9-13)11-3-1-4-11/h2,5-11,17H,1,3-4,20H2. The van der Waals surface area contributed by atoms with Gasteiger partial charge in [0.25, 0.3) is 0 Å². The molecule has 1 unspecified atom stereocenters.